The molecule has 0 radical (unpaired) electrons. The summed E-state index contributed by atoms with van der Waals surface area (Å²) in [5.74, 6) is -0.771. The van der Waals surface area contributed by atoms with Crippen LogP contribution in [0, 0.1) is 6.92 Å². The van der Waals surface area contributed by atoms with Gasteiger partial charge in [-0.1, -0.05) is 35.3 Å². The Morgan fingerprint density at radius 3 is 2.29 bits per heavy atom. The molecule has 0 atom stereocenters. The SMILES string of the molecule is Cc1ccc(NC(=O)C(C)(C)c2ccc(Cl)c(Cl)c2)cc1C(N)=O. The van der Waals surface area contributed by atoms with Crippen LogP contribution in [-0.2, 0) is 10.2 Å². The van der Waals surface area contributed by atoms with Crippen LogP contribution in [0.3, 0.4) is 0 Å². The molecule has 0 saturated carbocycles. The van der Waals surface area contributed by atoms with Gasteiger partial charge in [-0.15, -0.1) is 0 Å². The summed E-state index contributed by atoms with van der Waals surface area (Å²) in [5.41, 5.74) is 6.87. The first-order valence-electron chi connectivity index (χ1n) is 7.30. The van der Waals surface area contributed by atoms with Crippen molar-refractivity contribution in [2.45, 2.75) is 26.2 Å². The molecule has 126 valence electrons. The van der Waals surface area contributed by atoms with E-state index in [0.717, 1.165) is 11.1 Å². The average molecular weight is 365 g/mol. The van der Waals surface area contributed by atoms with Crippen molar-refractivity contribution in [2.24, 2.45) is 5.73 Å². The van der Waals surface area contributed by atoms with E-state index in [-0.39, 0.29) is 5.91 Å². The Balaban J connectivity index is 2.29. The summed E-state index contributed by atoms with van der Waals surface area (Å²) in [5, 5.41) is 3.64. The van der Waals surface area contributed by atoms with Crippen molar-refractivity contribution >= 4 is 40.7 Å². The lowest BCUT2D eigenvalue weighted by Crippen LogP contribution is -2.34. The van der Waals surface area contributed by atoms with Gasteiger partial charge in [0.05, 0.1) is 15.5 Å². The lowest BCUT2D eigenvalue weighted by atomic mass is 9.83. The molecule has 0 aliphatic rings. The van der Waals surface area contributed by atoms with Gasteiger partial charge >= 0.3 is 0 Å². The lowest BCUT2D eigenvalue weighted by Gasteiger charge is -2.25. The van der Waals surface area contributed by atoms with Crippen molar-refractivity contribution in [3.05, 3.63) is 63.1 Å². The zero-order chi connectivity index (χ0) is 18.1. The Morgan fingerprint density at radius 1 is 1.04 bits per heavy atom. The van der Waals surface area contributed by atoms with E-state index in [9.17, 15) is 9.59 Å². The lowest BCUT2D eigenvalue weighted by molar-refractivity contribution is -0.120. The summed E-state index contributed by atoms with van der Waals surface area (Å²) in [6.45, 7) is 5.35. The van der Waals surface area contributed by atoms with E-state index < -0.39 is 11.3 Å². The maximum atomic E-state index is 12.7. The molecule has 0 aliphatic heterocycles. The van der Waals surface area contributed by atoms with Gasteiger partial charge in [0.15, 0.2) is 0 Å². The highest BCUT2D eigenvalue weighted by molar-refractivity contribution is 6.42. The number of aryl methyl sites for hydroxylation is 1. The van der Waals surface area contributed by atoms with Crippen molar-refractivity contribution < 1.29 is 9.59 Å². The first kappa shape index (κ1) is 18.3. The van der Waals surface area contributed by atoms with E-state index in [0.29, 0.717) is 21.3 Å². The minimum absolute atomic E-state index is 0.236. The zero-order valence-electron chi connectivity index (χ0n) is 13.6. The third-order valence-electron chi connectivity index (χ3n) is 3.97. The van der Waals surface area contributed by atoms with Crippen LogP contribution >= 0.6 is 23.2 Å². The first-order valence-corrected chi connectivity index (χ1v) is 8.06. The van der Waals surface area contributed by atoms with Crippen LogP contribution in [0.5, 0.6) is 0 Å². The molecule has 3 N–H and O–H groups in total. The van der Waals surface area contributed by atoms with Crippen molar-refractivity contribution in [3.63, 3.8) is 0 Å². The quantitative estimate of drug-likeness (QED) is 0.847. The summed E-state index contributed by atoms with van der Waals surface area (Å²) in [6, 6.07) is 10.1. The molecule has 0 aliphatic carbocycles. The summed E-state index contributed by atoms with van der Waals surface area (Å²) in [4.78, 5) is 24.1. The molecule has 0 heterocycles. The van der Waals surface area contributed by atoms with Gasteiger partial charge in [-0.2, -0.15) is 0 Å². The van der Waals surface area contributed by atoms with Crippen LogP contribution in [-0.4, -0.2) is 11.8 Å². The molecule has 2 rings (SSSR count). The van der Waals surface area contributed by atoms with Crippen molar-refractivity contribution in [1.82, 2.24) is 0 Å². The van der Waals surface area contributed by atoms with E-state index in [1.165, 1.54) is 0 Å². The predicted octanol–water partition coefficient (Wildman–Crippen LogP) is 4.32. The molecule has 2 aromatic rings. The third kappa shape index (κ3) is 3.71. The Hall–Kier alpha value is -2.04. The molecule has 24 heavy (non-hydrogen) atoms. The number of carbonyl (C=O) groups is 2. The molecule has 2 amide bonds. The van der Waals surface area contributed by atoms with Crippen LogP contribution < -0.4 is 11.1 Å². The van der Waals surface area contributed by atoms with Crippen molar-refractivity contribution in [3.8, 4) is 0 Å². The number of anilines is 1. The monoisotopic (exact) mass is 364 g/mol. The van der Waals surface area contributed by atoms with E-state index in [1.54, 1.807) is 57.2 Å². The minimum atomic E-state index is -0.841. The Bertz CT molecular complexity index is 817. The molecule has 4 nitrogen and oxygen atoms in total. The second-order valence-electron chi connectivity index (χ2n) is 6.10. The summed E-state index contributed by atoms with van der Waals surface area (Å²) in [6.07, 6.45) is 0. The van der Waals surface area contributed by atoms with Gasteiger partial charge in [-0.3, -0.25) is 9.59 Å². The van der Waals surface area contributed by atoms with Crippen LogP contribution in [0.4, 0.5) is 5.69 Å². The number of hydrogen-bond acceptors (Lipinski definition) is 2. The number of carbonyl (C=O) groups excluding carboxylic acids is 2. The summed E-state index contributed by atoms with van der Waals surface area (Å²) < 4.78 is 0. The largest absolute Gasteiger partial charge is 0.366 e. The number of primary amides is 1. The number of rotatable bonds is 4. The number of amides is 2. The normalized spacial score (nSPS) is 11.2. The number of nitrogens with two attached hydrogens (primary N) is 1. The fraction of sp³-hybridized carbons (Fsp3) is 0.222. The maximum absolute atomic E-state index is 12.7. The molecule has 2 aromatic carbocycles. The van der Waals surface area contributed by atoms with Gasteiger partial charge in [0, 0.05) is 11.3 Å². The third-order valence-corrected chi connectivity index (χ3v) is 4.71. The summed E-state index contributed by atoms with van der Waals surface area (Å²) in [7, 11) is 0. The second-order valence-corrected chi connectivity index (χ2v) is 6.92. The molecule has 6 heteroatoms. The highest BCUT2D eigenvalue weighted by Crippen LogP contribution is 2.31. The van der Waals surface area contributed by atoms with E-state index in [2.05, 4.69) is 5.32 Å². The molecular weight excluding hydrogens is 347 g/mol. The molecule has 0 aromatic heterocycles. The topological polar surface area (TPSA) is 72.2 Å². The smallest absolute Gasteiger partial charge is 0.249 e. The van der Waals surface area contributed by atoms with Crippen LogP contribution in [0.2, 0.25) is 10.0 Å². The van der Waals surface area contributed by atoms with Gasteiger partial charge in [-0.05, 0) is 56.2 Å². The van der Waals surface area contributed by atoms with Crippen molar-refractivity contribution in [2.75, 3.05) is 5.32 Å². The minimum Gasteiger partial charge on any atom is -0.366 e. The molecule has 0 saturated heterocycles. The van der Waals surface area contributed by atoms with Crippen LogP contribution in [0.15, 0.2) is 36.4 Å². The highest BCUT2D eigenvalue weighted by Gasteiger charge is 2.30. The predicted molar refractivity (Wildman–Crippen MR) is 97.8 cm³/mol. The van der Waals surface area contributed by atoms with Crippen LogP contribution in [0.1, 0.15) is 35.3 Å². The maximum Gasteiger partial charge on any atom is 0.249 e. The molecule has 0 fully saturated rings. The number of halogens is 2. The Labute approximate surface area is 150 Å². The molecule has 0 spiro atoms. The van der Waals surface area contributed by atoms with E-state index >= 15 is 0 Å². The van der Waals surface area contributed by atoms with Gasteiger partial charge in [0.1, 0.15) is 0 Å². The zero-order valence-corrected chi connectivity index (χ0v) is 15.1. The number of hydrogen-bond donors (Lipinski definition) is 2. The molecular formula is C18H18Cl2N2O2. The summed E-state index contributed by atoms with van der Waals surface area (Å²) >= 11 is 12.0. The van der Waals surface area contributed by atoms with Crippen LogP contribution in [0.25, 0.3) is 0 Å². The number of nitrogens with one attached hydrogen (secondary N) is 1. The standard InChI is InChI=1S/C18H18Cl2N2O2/c1-10-4-6-12(9-13(10)16(21)23)22-17(24)18(2,3)11-5-7-14(19)15(20)8-11/h4-9H,1-3H3,(H2,21,23)(H,22,24). The van der Waals surface area contributed by atoms with Gasteiger partial charge in [0.25, 0.3) is 0 Å². The van der Waals surface area contributed by atoms with Gasteiger partial charge in [0.2, 0.25) is 11.8 Å². The fourth-order valence-corrected chi connectivity index (χ4v) is 2.57. The van der Waals surface area contributed by atoms with E-state index in [4.69, 9.17) is 28.9 Å². The Morgan fingerprint density at radius 2 is 1.71 bits per heavy atom. The highest BCUT2D eigenvalue weighted by atomic mass is 35.5. The average Bonchev–Trinajstić information content (AvgIpc) is 2.51. The van der Waals surface area contributed by atoms with Crippen molar-refractivity contribution in [1.29, 1.82) is 0 Å². The Kier molecular flexibility index (Phi) is 5.21. The first-order chi connectivity index (χ1) is 11.1. The van der Waals surface area contributed by atoms with Gasteiger partial charge < -0.3 is 11.1 Å². The number of benzene rings is 2. The second kappa shape index (κ2) is 6.83. The molecule has 0 bridgehead atoms. The van der Waals surface area contributed by atoms with E-state index in [1.807, 2.05) is 0 Å². The fourth-order valence-electron chi connectivity index (χ4n) is 2.27. The van der Waals surface area contributed by atoms with Gasteiger partial charge in [-0.25, -0.2) is 0 Å². The molecule has 0 unspecified atom stereocenters.